The molecule has 0 aliphatic rings. The number of rotatable bonds is 3. The number of aryl methyl sites for hydroxylation is 3. The van der Waals surface area contributed by atoms with Crippen LogP contribution < -0.4 is 13.7 Å². The summed E-state index contributed by atoms with van der Waals surface area (Å²) in [7, 11) is 6.17. The Labute approximate surface area is 300 Å². The van der Waals surface area contributed by atoms with Crippen molar-refractivity contribution in [3.63, 3.8) is 0 Å². The van der Waals surface area contributed by atoms with Gasteiger partial charge in [0.15, 0.2) is 33.1 Å². The smallest absolute Gasteiger partial charge is 0.232 e. The number of nitrogens with zero attached hydrogens (tertiary/aromatic N) is 6. The molecule has 9 aromatic rings. The van der Waals surface area contributed by atoms with Gasteiger partial charge in [-0.3, -0.25) is 0 Å². The second-order valence-electron chi connectivity index (χ2n) is 11.5. The van der Waals surface area contributed by atoms with Gasteiger partial charge in [0.1, 0.15) is 0 Å². The summed E-state index contributed by atoms with van der Waals surface area (Å²) in [5, 5.41) is 0. The van der Waals surface area contributed by atoms with Gasteiger partial charge >= 0.3 is 20.1 Å². The van der Waals surface area contributed by atoms with Gasteiger partial charge in [0.25, 0.3) is 0 Å². The van der Waals surface area contributed by atoms with Gasteiger partial charge in [-0.2, -0.15) is 54.6 Å². The maximum atomic E-state index is 3.24. The Bertz CT molecular complexity index is 2150. The van der Waals surface area contributed by atoms with Gasteiger partial charge in [0, 0.05) is 17.1 Å². The molecule has 0 bridgehead atoms. The minimum atomic E-state index is 0. The van der Waals surface area contributed by atoms with E-state index in [-0.39, 0.29) is 20.1 Å². The van der Waals surface area contributed by atoms with E-state index in [9.17, 15) is 0 Å². The van der Waals surface area contributed by atoms with Crippen molar-refractivity contribution < 1.29 is 33.8 Å². The minimum absolute atomic E-state index is 0. The Hall–Kier alpha value is -5.62. The third-order valence-electron chi connectivity index (χ3n) is 8.29. The summed E-state index contributed by atoms with van der Waals surface area (Å²) in [6, 6.07) is 58.8. The first-order valence-corrected chi connectivity index (χ1v) is 15.9. The monoisotopic (exact) mass is 817 g/mol. The molecule has 0 N–H and O–H groups in total. The maximum Gasteiger partial charge on any atom is 3.00 e. The molecule has 0 saturated heterocycles. The van der Waals surface area contributed by atoms with Gasteiger partial charge in [-0.15, -0.1) is 36.4 Å². The molecular formula is C42H36IrN6+3. The predicted octanol–water partition coefficient (Wildman–Crippen LogP) is 6.76. The summed E-state index contributed by atoms with van der Waals surface area (Å²) in [5.74, 6) is 0. The van der Waals surface area contributed by atoms with Crippen molar-refractivity contribution in [2.45, 2.75) is 0 Å². The van der Waals surface area contributed by atoms with Crippen LogP contribution in [0, 0.1) is 18.2 Å². The number of hydrogen-bond donors (Lipinski definition) is 0. The molecule has 6 aromatic carbocycles. The van der Waals surface area contributed by atoms with Crippen LogP contribution in [0.25, 0.3) is 50.2 Å². The van der Waals surface area contributed by atoms with Crippen LogP contribution in [-0.4, -0.2) is 13.7 Å². The molecule has 0 aliphatic heterocycles. The first kappa shape index (κ1) is 33.3. The quantitative estimate of drug-likeness (QED) is 0.139. The van der Waals surface area contributed by atoms with Gasteiger partial charge in [-0.25, -0.2) is 27.4 Å². The summed E-state index contributed by atoms with van der Waals surface area (Å²) in [4.78, 5) is 0. The summed E-state index contributed by atoms with van der Waals surface area (Å²) in [5.41, 5.74) is 10.5. The van der Waals surface area contributed by atoms with E-state index in [1.54, 1.807) is 0 Å². The SMILES string of the molecule is C[n+]1cn(-c2[c-]cccc2)c2ccccc21.C[n+]1cn(-c2[c-]cccc2)c2ccccc21.C[n+]1cn(-c2[c-]cccc2)c2ccccc21.[Ir+3]. The molecule has 0 spiro atoms. The van der Waals surface area contributed by atoms with Gasteiger partial charge < -0.3 is 0 Å². The van der Waals surface area contributed by atoms with Crippen LogP contribution in [0.2, 0.25) is 0 Å². The van der Waals surface area contributed by atoms with Crippen LogP contribution in [0.15, 0.2) is 165 Å². The molecule has 0 saturated carbocycles. The second-order valence-corrected chi connectivity index (χ2v) is 11.5. The number of aromatic nitrogens is 6. The molecule has 0 fully saturated rings. The summed E-state index contributed by atoms with van der Waals surface area (Å²) >= 11 is 0. The Morgan fingerprint density at radius 2 is 0.633 bits per heavy atom. The molecule has 0 aliphatic carbocycles. The molecule has 9 rings (SSSR count). The van der Waals surface area contributed by atoms with E-state index in [4.69, 9.17) is 0 Å². The third-order valence-corrected chi connectivity index (χ3v) is 8.29. The predicted molar refractivity (Wildman–Crippen MR) is 190 cm³/mol. The molecule has 0 atom stereocenters. The van der Waals surface area contributed by atoms with Crippen molar-refractivity contribution in [2.75, 3.05) is 0 Å². The fourth-order valence-electron chi connectivity index (χ4n) is 5.97. The van der Waals surface area contributed by atoms with Crippen molar-refractivity contribution in [3.8, 4) is 17.1 Å². The van der Waals surface area contributed by atoms with E-state index in [2.05, 4.69) is 177 Å². The van der Waals surface area contributed by atoms with Gasteiger partial charge in [0.05, 0.1) is 21.1 Å². The number of hydrogen-bond acceptors (Lipinski definition) is 0. The van der Waals surface area contributed by atoms with Gasteiger partial charge in [-0.1, -0.05) is 36.4 Å². The van der Waals surface area contributed by atoms with Crippen molar-refractivity contribution in [1.29, 1.82) is 0 Å². The molecule has 0 unspecified atom stereocenters. The van der Waals surface area contributed by atoms with E-state index in [0.29, 0.717) is 0 Å². The zero-order valence-corrected chi connectivity index (χ0v) is 30.0. The van der Waals surface area contributed by atoms with Crippen LogP contribution in [0.4, 0.5) is 0 Å². The second kappa shape index (κ2) is 15.1. The van der Waals surface area contributed by atoms with E-state index < -0.39 is 0 Å². The van der Waals surface area contributed by atoms with Crippen LogP contribution in [0.3, 0.4) is 0 Å². The van der Waals surface area contributed by atoms with Crippen molar-refractivity contribution >= 4 is 33.1 Å². The van der Waals surface area contributed by atoms with Crippen LogP contribution in [0.5, 0.6) is 0 Å². The van der Waals surface area contributed by atoms with Crippen molar-refractivity contribution in [3.05, 3.63) is 183 Å². The topological polar surface area (TPSA) is 26.4 Å². The number of fused-ring (bicyclic) bond motifs is 3. The summed E-state index contributed by atoms with van der Waals surface area (Å²) < 4.78 is 12.8. The average molecular weight is 817 g/mol. The Morgan fingerprint density at radius 1 is 0.367 bits per heavy atom. The molecule has 3 aromatic heterocycles. The zero-order chi connectivity index (χ0) is 32.9. The molecule has 49 heavy (non-hydrogen) atoms. The molecule has 7 heteroatoms. The van der Waals surface area contributed by atoms with E-state index in [0.717, 1.165) is 17.1 Å². The summed E-state index contributed by atoms with van der Waals surface area (Å²) in [6.45, 7) is 0. The molecule has 3 heterocycles. The molecule has 0 radical (unpaired) electrons. The largest absolute Gasteiger partial charge is 3.00 e. The standard InChI is InChI=1S/3C14H12N2.Ir/c3*1-15-11-16(12-7-3-2-4-8-12)14-10-6-5-9-13(14)15;/h3*2-7,9-11H,1H3;/q;;;+3. The van der Waals surface area contributed by atoms with Crippen molar-refractivity contribution in [1.82, 2.24) is 13.7 Å². The van der Waals surface area contributed by atoms with E-state index in [1.165, 1.54) is 33.1 Å². The molecule has 0 amide bonds. The maximum absolute atomic E-state index is 3.24. The van der Waals surface area contributed by atoms with Crippen LogP contribution in [0.1, 0.15) is 0 Å². The van der Waals surface area contributed by atoms with E-state index >= 15 is 0 Å². The summed E-state index contributed by atoms with van der Waals surface area (Å²) in [6.07, 6.45) is 6.24. The minimum Gasteiger partial charge on any atom is -0.232 e. The van der Waals surface area contributed by atoms with Gasteiger partial charge in [0.2, 0.25) is 19.0 Å². The van der Waals surface area contributed by atoms with Gasteiger partial charge in [-0.05, 0) is 36.4 Å². The van der Waals surface area contributed by atoms with E-state index in [1.807, 2.05) is 54.6 Å². The molecule has 6 nitrogen and oxygen atoms in total. The average Bonchev–Trinajstić information content (AvgIpc) is 3.80. The Kier molecular flexibility index (Phi) is 10.2. The van der Waals surface area contributed by atoms with Crippen LogP contribution >= 0.6 is 0 Å². The first-order chi connectivity index (χ1) is 23.6. The number of para-hydroxylation sites is 9. The number of benzene rings is 6. The zero-order valence-electron chi connectivity index (χ0n) is 27.6. The van der Waals surface area contributed by atoms with Crippen LogP contribution in [-0.2, 0) is 41.2 Å². The Balaban J connectivity index is 0.000000126. The molecule has 240 valence electrons. The fraction of sp³-hybridized carbons (Fsp3) is 0.0714. The Morgan fingerprint density at radius 3 is 0.898 bits per heavy atom. The number of imidazole rings is 3. The first-order valence-electron chi connectivity index (χ1n) is 15.9. The van der Waals surface area contributed by atoms with Crippen molar-refractivity contribution in [2.24, 2.45) is 21.1 Å². The fourth-order valence-corrected chi connectivity index (χ4v) is 5.97. The normalized spacial score (nSPS) is 10.6. The molecular weight excluding hydrogens is 781 g/mol. The third kappa shape index (κ3) is 7.00.